The van der Waals surface area contributed by atoms with Crippen LogP contribution in [0.25, 0.3) is 16.6 Å². The van der Waals surface area contributed by atoms with Gasteiger partial charge in [0, 0.05) is 35.5 Å². The second-order valence-electron chi connectivity index (χ2n) is 8.85. The van der Waals surface area contributed by atoms with Crippen molar-refractivity contribution in [1.29, 1.82) is 0 Å². The standard InChI is InChI=1S/C25H27N5O2/c1-15(2)11-30(13-18-12-29-9-5-4-6-22(29)27-18)25(31)17-7-8-21-19(10-17)20-14-32-16(3)23(20)24(26)28-21/h4-10,12,15-16H,11,13-14H2,1-3H3,(H2,26,28). The fraction of sp³-hybridized carbons (Fsp3) is 0.320. The number of carbonyl (C=O) groups excluding carboxylic acids is 1. The number of benzene rings is 1. The third-order valence-electron chi connectivity index (χ3n) is 5.93. The summed E-state index contributed by atoms with van der Waals surface area (Å²) in [5.74, 6) is 0.816. The highest BCUT2D eigenvalue weighted by Gasteiger charge is 2.26. The highest BCUT2D eigenvalue weighted by molar-refractivity contribution is 5.99. The summed E-state index contributed by atoms with van der Waals surface area (Å²) in [6.45, 7) is 7.78. The average Bonchev–Trinajstić information content (AvgIpc) is 3.36. The van der Waals surface area contributed by atoms with E-state index in [9.17, 15) is 4.79 Å². The molecule has 0 saturated heterocycles. The van der Waals surface area contributed by atoms with E-state index in [1.165, 1.54) is 0 Å². The number of carbonyl (C=O) groups is 1. The van der Waals surface area contributed by atoms with Crippen molar-refractivity contribution in [2.24, 2.45) is 5.92 Å². The molecule has 1 aliphatic heterocycles. The number of ether oxygens (including phenoxy) is 1. The van der Waals surface area contributed by atoms with Crippen LogP contribution >= 0.6 is 0 Å². The van der Waals surface area contributed by atoms with Gasteiger partial charge in [0.15, 0.2) is 0 Å². The summed E-state index contributed by atoms with van der Waals surface area (Å²) in [6, 6.07) is 11.5. The number of aromatic nitrogens is 3. The molecule has 32 heavy (non-hydrogen) atoms. The van der Waals surface area contributed by atoms with E-state index < -0.39 is 0 Å². The molecule has 5 rings (SSSR count). The van der Waals surface area contributed by atoms with E-state index in [1.54, 1.807) is 0 Å². The quantitative estimate of drug-likeness (QED) is 0.510. The fourth-order valence-electron chi connectivity index (χ4n) is 4.50. The number of nitrogens with two attached hydrogens (primary N) is 1. The molecule has 4 heterocycles. The van der Waals surface area contributed by atoms with E-state index in [4.69, 9.17) is 10.5 Å². The van der Waals surface area contributed by atoms with Crippen LogP contribution in [-0.2, 0) is 17.9 Å². The van der Waals surface area contributed by atoms with Gasteiger partial charge in [-0.05, 0) is 48.7 Å². The third-order valence-corrected chi connectivity index (χ3v) is 5.93. The van der Waals surface area contributed by atoms with Crippen molar-refractivity contribution in [3.05, 3.63) is 71.2 Å². The monoisotopic (exact) mass is 429 g/mol. The van der Waals surface area contributed by atoms with E-state index in [-0.39, 0.29) is 12.0 Å². The molecule has 0 fully saturated rings. The Balaban J connectivity index is 1.51. The van der Waals surface area contributed by atoms with Crippen molar-refractivity contribution >= 4 is 28.3 Å². The zero-order valence-electron chi connectivity index (χ0n) is 18.6. The first-order valence-corrected chi connectivity index (χ1v) is 11.0. The first kappa shape index (κ1) is 20.5. The number of hydrogen-bond donors (Lipinski definition) is 1. The van der Waals surface area contributed by atoms with Gasteiger partial charge in [-0.1, -0.05) is 19.9 Å². The first-order valence-electron chi connectivity index (χ1n) is 11.0. The number of pyridine rings is 2. The predicted octanol–water partition coefficient (Wildman–Crippen LogP) is 4.35. The molecule has 0 saturated carbocycles. The zero-order chi connectivity index (χ0) is 22.4. The molecule has 164 valence electrons. The number of anilines is 1. The van der Waals surface area contributed by atoms with Crippen LogP contribution in [0.15, 0.2) is 48.8 Å². The third kappa shape index (κ3) is 3.58. The lowest BCUT2D eigenvalue weighted by Crippen LogP contribution is -2.33. The topological polar surface area (TPSA) is 85.8 Å². The normalized spacial score (nSPS) is 15.6. The van der Waals surface area contributed by atoms with Gasteiger partial charge in [-0.3, -0.25) is 4.79 Å². The second kappa shape index (κ2) is 7.91. The summed E-state index contributed by atoms with van der Waals surface area (Å²) in [7, 11) is 0. The highest BCUT2D eigenvalue weighted by Crippen LogP contribution is 2.38. The van der Waals surface area contributed by atoms with Gasteiger partial charge in [0.25, 0.3) is 5.91 Å². The number of fused-ring (bicyclic) bond motifs is 4. The molecule has 7 nitrogen and oxygen atoms in total. The van der Waals surface area contributed by atoms with Crippen LogP contribution in [-0.4, -0.2) is 31.7 Å². The summed E-state index contributed by atoms with van der Waals surface area (Å²) >= 11 is 0. The molecule has 3 aromatic heterocycles. The summed E-state index contributed by atoms with van der Waals surface area (Å²) in [6.07, 6.45) is 3.86. The molecule has 2 N–H and O–H groups in total. The van der Waals surface area contributed by atoms with E-state index in [1.807, 2.05) is 65.0 Å². The molecule has 0 radical (unpaired) electrons. The highest BCUT2D eigenvalue weighted by atomic mass is 16.5. The Labute approximate surface area is 186 Å². The molecule has 7 heteroatoms. The van der Waals surface area contributed by atoms with Crippen LogP contribution in [0.1, 0.15) is 54.1 Å². The Kier molecular flexibility index (Phi) is 5.06. The van der Waals surface area contributed by atoms with Gasteiger partial charge in [0.05, 0.1) is 30.5 Å². The summed E-state index contributed by atoms with van der Waals surface area (Å²) in [5.41, 5.74) is 11.3. The lowest BCUT2D eigenvalue weighted by molar-refractivity contribution is 0.0720. The van der Waals surface area contributed by atoms with Gasteiger partial charge in [-0.2, -0.15) is 0 Å². The molecule has 1 aromatic carbocycles. The van der Waals surface area contributed by atoms with Crippen molar-refractivity contribution in [3.63, 3.8) is 0 Å². The smallest absolute Gasteiger partial charge is 0.254 e. The Bertz CT molecular complexity index is 1290. The molecule has 4 aromatic rings. The number of nitrogens with zero attached hydrogens (tertiary/aromatic N) is 4. The maximum atomic E-state index is 13.6. The molecule has 1 aliphatic rings. The predicted molar refractivity (Wildman–Crippen MR) is 124 cm³/mol. The Hall–Kier alpha value is -3.45. The van der Waals surface area contributed by atoms with E-state index in [2.05, 4.69) is 23.8 Å². The van der Waals surface area contributed by atoms with Crippen LogP contribution in [0.5, 0.6) is 0 Å². The average molecular weight is 430 g/mol. The molecule has 0 spiro atoms. The van der Waals surface area contributed by atoms with Gasteiger partial charge in [0.2, 0.25) is 0 Å². The van der Waals surface area contributed by atoms with Crippen LogP contribution in [0.2, 0.25) is 0 Å². The summed E-state index contributed by atoms with van der Waals surface area (Å²) < 4.78 is 7.77. The van der Waals surface area contributed by atoms with E-state index in [0.717, 1.165) is 33.4 Å². The van der Waals surface area contributed by atoms with Gasteiger partial charge in [0.1, 0.15) is 11.5 Å². The minimum absolute atomic E-state index is 0.0183. The summed E-state index contributed by atoms with van der Waals surface area (Å²) in [5, 5.41) is 0.932. The SMILES string of the molecule is CC(C)CN(Cc1cn2ccccc2n1)C(=O)c1ccc2nc(N)c3c(c2c1)COC3C. The molecule has 1 amide bonds. The molecule has 0 aliphatic carbocycles. The number of nitrogen functional groups attached to an aromatic ring is 1. The Morgan fingerprint density at radius 1 is 1.28 bits per heavy atom. The van der Waals surface area contributed by atoms with Gasteiger partial charge in [-0.15, -0.1) is 0 Å². The van der Waals surface area contributed by atoms with Crippen molar-refractivity contribution in [2.75, 3.05) is 12.3 Å². The van der Waals surface area contributed by atoms with Crippen molar-refractivity contribution < 1.29 is 9.53 Å². The zero-order valence-corrected chi connectivity index (χ0v) is 18.6. The minimum atomic E-state index is -0.0891. The van der Waals surface area contributed by atoms with E-state index >= 15 is 0 Å². The molecular formula is C25H27N5O2. The lowest BCUT2D eigenvalue weighted by Gasteiger charge is -2.24. The van der Waals surface area contributed by atoms with Crippen LogP contribution < -0.4 is 5.73 Å². The van der Waals surface area contributed by atoms with E-state index in [0.29, 0.717) is 37.0 Å². The maximum absolute atomic E-state index is 13.6. The maximum Gasteiger partial charge on any atom is 0.254 e. The fourth-order valence-corrected chi connectivity index (χ4v) is 4.50. The molecular weight excluding hydrogens is 402 g/mol. The van der Waals surface area contributed by atoms with Crippen LogP contribution in [0, 0.1) is 5.92 Å². The van der Waals surface area contributed by atoms with Gasteiger partial charge >= 0.3 is 0 Å². The van der Waals surface area contributed by atoms with Crippen molar-refractivity contribution in [3.8, 4) is 0 Å². The largest absolute Gasteiger partial charge is 0.383 e. The van der Waals surface area contributed by atoms with Gasteiger partial charge < -0.3 is 19.8 Å². The molecule has 1 unspecified atom stereocenters. The molecule has 0 bridgehead atoms. The number of rotatable bonds is 5. The number of hydrogen-bond acceptors (Lipinski definition) is 5. The van der Waals surface area contributed by atoms with Gasteiger partial charge in [-0.25, -0.2) is 9.97 Å². The van der Waals surface area contributed by atoms with Crippen molar-refractivity contribution in [2.45, 2.75) is 40.0 Å². The summed E-state index contributed by atoms with van der Waals surface area (Å²) in [4.78, 5) is 24.7. The Morgan fingerprint density at radius 3 is 2.91 bits per heavy atom. The van der Waals surface area contributed by atoms with Crippen LogP contribution in [0.4, 0.5) is 5.82 Å². The lowest BCUT2D eigenvalue weighted by atomic mass is 10.00. The second-order valence-corrected chi connectivity index (χ2v) is 8.85. The van der Waals surface area contributed by atoms with Crippen molar-refractivity contribution in [1.82, 2.24) is 19.3 Å². The number of amides is 1. The first-order chi connectivity index (χ1) is 15.4. The minimum Gasteiger partial charge on any atom is -0.383 e. The molecule has 1 atom stereocenters. The Morgan fingerprint density at radius 2 is 2.12 bits per heavy atom. The number of imidazole rings is 1. The van der Waals surface area contributed by atoms with Crippen LogP contribution in [0.3, 0.4) is 0 Å².